The van der Waals surface area contributed by atoms with E-state index < -0.39 is 12.0 Å². The van der Waals surface area contributed by atoms with E-state index in [2.05, 4.69) is 10.6 Å². The van der Waals surface area contributed by atoms with Gasteiger partial charge in [0.2, 0.25) is 5.91 Å². The molecule has 0 bridgehead atoms. The van der Waals surface area contributed by atoms with Crippen LogP contribution in [-0.2, 0) is 9.59 Å². The number of rotatable bonds is 5. The first kappa shape index (κ1) is 14.0. The van der Waals surface area contributed by atoms with Crippen molar-refractivity contribution < 1.29 is 14.7 Å². The first-order chi connectivity index (χ1) is 7.97. The number of carboxylic acids is 1. The molecule has 1 saturated heterocycles. The minimum absolute atomic E-state index is 0.0545. The van der Waals surface area contributed by atoms with Gasteiger partial charge in [0.1, 0.15) is 6.04 Å². The van der Waals surface area contributed by atoms with E-state index in [0.29, 0.717) is 0 Å². The van der Waals surface area contributed by atoms with Crippen molar-refractivity contribution in [2.45, 2.75) is 45.7 Å². The fourth-order valence-electron chi connectivity index (χ4n) is 2.16. The van der Waals surface area contributed by atoms with Crippen LogP contribution < -0.4 is 10.6 Å². The highest BCUT2D eigenvalue weighted by molar-refractivity contribution is 5.85. The molecule has 0 radical (unpaired) electrons. The monoisotopic (exact) mass is 242 g/mol. The predicted molar refractivity (Wildman–Crippen MR) is 64.6 cm³/mol. The molecule has 1 aliphatic rings. The molecule has 4 atom stereocenters. The second-order valence-electron chi connectivity index (χ2n) is 4.85. The van der Waals surface area contributed by atoms with Crippen LogP contribution in [0.25, 0.3) is 0 Å². The summed E-state index contributed by atoms with van der Waals surface area (Å²) in [5.41, 5.74) is 0. The zero-order valence-corrected chi connectivity index (χ0v) is 10.7. The summed E-state index contributed by atoms with van der Waals surface area (Å²) < 4.78 is 0. The highest BCUT2D eigenvalue weighted by Crippen LogP contribution is 2.16. The molecule has 3 unspecified atom stereocenters. The van der Waals surface area contributed by atoms with Crippen molar-refractivity contribution in [1.29, 1.82) is 0 Å². The first-order valence-electron chi connectivity index (χ1n) is 6.24. The average molecular weight is 242 g/mol. The van der Waals surface area contributed by atoms with E-state index in [9.17, 15) is 9.59 Å². The molecule has 1 heterocycles. The Morgan fingerprint density at radius 1 is 1.53 bits per heavy atom. The average Bonchev–Trinajstić information content (AvgIpc) is 2.70. The SMILES string of the molecule is CCC(C)[C@H](NC(=O)C1CCNC1C)C(=O)O. The molecule has 1 rings (SSSR count). The van der Waals surface area contributed by atoms with Gasteiger partial charge in [-0.3, -0.25) is 4.79 Å². The van der Waals surface area contributed by atoms with Crippen LogP contribution in [0.2, 0.25) is 0 Å². The Balaban J connectivity index is 2.61. The third-order valence-electron chi connectivity index (χ3n) is 3.64. The number of nitrogens with one attached hydrogen (secondary N) is 2. The number of carboxylic acid groups (broad SMARTS) is 1. The Morgan fingerprint density at radius 2 is 2.18 bits per heavy atom. The van der Waals surface area contributed by atoms with Gasteiger partial charge in [-0.25, -0.2) is 4.79 Å². The fourth-order valence-corrected chi connectivity index (χ4v) is 2.16. The van der Waals surface area contributed by atoms with Gasteiger partial charge < -0.3 is 15.7 Å². The van der Waals surface area contributed by atoms with E-state index in [0.717, 1.165) is 19.4 Å². The Labute approximate surface area is 102 Å². The van der Waals surface area contributed by atoms with Crippen LogP contribution in [0.3, 0.4) is 0 Å². The largest absolute Gasteiger partial charge is 0.480 e. The topological polar surface area (TPSA) is 78.4 Å². The van der Waals surface area contributed by atoms with Crippen LogP contribution in [-0.4, -0.2) is 35.6 Å². The molecule has 1 amide bonds. The maximum absolute atomic E-state index is 12.0. The summed E-state index contributed by atoms with van der Waals surface area (Å²) in [6, 6.07) is -0.651. The molecule has 0 aromatic rings. The van der Waals surface area contributed by atoms with Crippen LogP contribution >= 0.6 is 0 Å². The van der Waals surface area contributed by atoms with Crippen LogP contribution in [0.15, 0.2) is 0 Å². The van der Waals surface area contributed by atoms with Crippen molar-refractivity contribution >= 4 is 11.9 Å². The lowest BCUT2D eigenvalue weighted by Gasteiger charge is -2.23. The summed E-state index contributed by atoms with van der Waals surface area (Å²) >= 11 is 0. The summed E-state index contributed by atoms with van der Waals surface area (Å²) in [6.45, 7) is 6.54. The molecule has 5 nitrogen and oxygen atoms in total. The number of carbonyl (C=O) groups is 2. The van der Waals surface area contributed by atoms with Gasteiger partial charge in [-0.2, -0.15) is 0 Å². The predicted octanol–water partition coefficient (Wildman–Crippen LogP) is 0.600. The second kappa shape index (κ2) is 6.00. The quantitative estimate of drug-likeness (QED) is 0.659. The number of amides is 1. The Kier molecular flexibility index (Phi) is 4.93. The van der Waals surface area contributed by atoms with Crippen LogP contribution in [0, 0.1) is 11.8 Å². The lowest BCUT2D eigenvalue weighted by atomic mass is 9.96. The molecule has 0 aromatic heterocycles. The van der Waals surface area contributed by atoms with Gasteiger partial charge in [-0.1, -0.05) is 20.3 Å². The summed E-state index contributed by atoms with van der Waals surface area (Å²) in [6.07, 6.45) is 1.51. The number of carbonyl (C=O) groups excluding carboxylic acids is 1. The van der Waals surface area contributed by atoms with Gasteiger partial charge in [0.15, 0.2) is 0 Å². The Morgan fingerprint density at radius 3 is 2.59 bits per heavy atom. The molecule has 1 aliphatic heterocycles. The third kappa shape index (κ3) is 3.43. The van der Waals surface area contributed by atoms with E-state index in [-0.39, 0.29) is 23.8 Å². The van der Waals surface area contributed by atoms with Crippen molar-refractivity contribution in [2.75, 3.05) is 6.54 Å². The van der Waals surface area contributed by atoms with E-state index in [1.54, 1.807) is 0 Å². The molecule has 1 fully saturated rings. The van der Waals surface area contributed by atoms with Crippen molar-refractivity contribution in [3.05, 3.63) is 0 Å². The minimum atomic E-state index is -0.952. The summed E-state index contributed by atoms with van der Waals surface area (Å²) in [5, 5.41) is 15.0. The fraction of sp³-hybridized carbons (Fsp3) is 0.833. The maximum Gasteiger partial charge on any atom is 0.326 e. The van der Waals surface area contributed by atoms with Crippen molar-refractivity contribution in [3.63, 3.8) is 0 Å². The molecule has 0 spiro atoms. The van der Waals surface area contributed by atoms with Gasteiger partial charge in [0.05, 0.1) is 5.92 Å². The van der Waals surface area contributed by atoms with Crippen molar-refractivity contribution in [1.82, 2.24) is 10.6 Å². The van der Waals surface area contributed by atoms with E-state index in [1.807, 2.05) is 20.8 Å². The zero-order chi connectivity index (χ0) is 13.0. The lowest BCUT2D eigenvalue weighted by molar-refractivity contribution is -0.144. The first-order valence-corrected chi connectivity index (χ1v) is 6.24. The van der Waals surface area contributed by atoms with Gasteiger partial charge in [-0.05, 0) is 25.8 Å². The van der Waals surface area contributed by atoms with Crippen molar-refractivity contribution in [3.8, 4) is 0 Å². The molecule has 0 aliphatic carbocycles. The Hall–Kier alpha value is -1.10. The van der Waals surface area contributed by atoms with Gasteiger partial charge >= 0.3 is 5.97 Å². The highest BCUT2D eigenvalue weighted by atomic mass is 16.4. The maximum atomic E-state index is 12.0. The van der Waals surface area contributed by atoms with Crippen molar-refractivity contribution in [2.24, 2.45) is 11.8 Å². The number of hydrogen-bond donors (Lipinski definition) is 3. The molecule has 17 heavy (non-hydrogen) atoms. The zero-order valence-electron chi connectivity index (χ0n) is 10.7. The van der Waals surface area contributed by atoms with Crippen LogP contribution in [0.5, 0.6) is 0 Å². The van der Waals surface area contributed by atoms with E-state index >= 15 is 0 Å². The van der Waals surface area contributed by atoms with Crippen LogP contribution in [0.4, 0.5) is 0 Å². The Bertz CT molecular complexity index is 293. The summed E-state index contributed by atoms with van der Waals surface area (Å²) in [5.74, 6) is -1.26. The number of aliphatic carboxylic acids is 1. The standard InChI is InChI=1S/C12H22N2O3/c1-4-7(2)10(12(16)17)14-11(15)9-5-6-13-8(9)3/h7-10,13H,4-6H2,1-3H3,(H,14,15)(H,16,17)/t7?,8?,9?,10-/m0/s1. The van der Waals surface area contributed by atoms with Gasteiger partial charge in [0.25, 0.3) is 0 Å². The summed E-state index contributed by atoms with van der Waals surface area (Å²) in [4.78, 5) is 23.1. The second-order valence-corrected chi connectivity index (χ2v) is 4.85. The molecule has 0 aromatic carbocycles. The lowest BCUT2D eigenvalue weighted by Crippen LogP contribution is -2.48. The van der Waals surface area contributed by atoms with E-state index in [4.69, 9.17) is 5.11 Å². The molecular weight excluding hydrogens is 220 g/mol. The van der Waals surface area contributed by atoms with Gasteiger partial charge in [0, 0.05) is 6.04 Å². The van der Waals surface area contributed by atoms with Gasteiger partial charge in [-0.15, -0.1) is 0 Å². The molecule has 98 valence electrons. The van der Waals surface area contributed by atoms with Crippen LogP contribution in [0.1, 0.15) is 33.6 Å². The normalized spacial score (nSPS) is 27.5. The minimum Gasteiger partial charge on any atom is -0.480 e. The third-order valence-corrected chi connectivity index (χ3v) is 3.64. The summed E-state index contributed by atoms with van der Waals surface area (Å²) in [7, 11) is 0. The molecule has 3 N–H and O–H groups in total. The highest BCUT2D eigenvalue weighted by Gasteiger charge is 2.33. The number of hydrogen-bond acceptors (Lipinski definition) is 3. The molecular formula is C12H22N2O3. The molecule has 5 heteroatoms. The van der Waals surface area contributed by atoms with E-state index in [1.165, 1.54) is 0 Å². The molecule has 0 saturated carbocycles. The smallest absolute Gasteiger partial charge is 0.326 e.